The minimum atomic E-state index is -0.215. The van der Waals surface area contributed by atoms with Crippen molar-refractivity contribution in [2.45, 2.75) is 27.3 Å². The van der Waals surface area contributed by atoms with Gasteiger partial charge in [0.2, 0.25) is 0 Å². The Bertz CT molecular complexity index is 817. The van der Waals surface area contributed by atoms with E-state index in [-0.39, 0.29) is 11.1 Å². The average Bonchev–Trinajstić information content (AvgIpc) is 2.78. The summed E-state index contributed by atoms with van der Waals surface area (Å²) < 4.78 is 0. The van der Waals surface area contributed by atoms with Crippen molar-refractivity contribution in [2.24, 2.45) is 0 Å². The Balaban J connectivity index is 1.87. The zero-order valence-electron chi connectivity index (χ0n) is 14.0. The van der Waals surface area contributed by atoms with Gasteiger partial charge in [0.15, 0.2) is 0 Å². The van der Waals surface area contributed by atoms with Crippen LogP contribution < -0.4 is 0 Å². The lowest BCUT2D eigenvalue weighted by Gasteiger charge is -2.17. The number of hydrogen-bond acceptors (Lipinski definition) is 3. The van der Waals surface area contributed by atoms with Crippen LogP contribution in [0.2, 0.25) is 0 Å². The molecule has 24 heavy (non-hydrogen) atoms. The van der Waals surface area contributed by atoms with E-state index in [4.69, 9.17) is 0 Å². The molecule has 0 atom stereocenters. The second kappa shape index (κ2) is 6.65. The van der Waals surface area contributed by atoms with E-state index in [9.17, 15) is 9.59 Å². The molecule has 4 heteroatoms. The molecule has 1 aliphatic heterocycles. The second-order valence-electron chi connectivity index (χ2n) is 6.06. The number of carbonyl (C=O) groups is 2. The van der Waals surface area contributed by atoms with Gasteiger partial charge in [-0.25, -0.2) is 0 Å². The van der Waals surface area contributed by atoms with Crippen LogP contribution in [0.25, 0.3) is 6.08 Å². The third-order valence-corrected chi connectivity index (χ3v) is 5.03. The number of aryl methyl sites for hydroxylation is 3. The van der Waals surface area contributed by atoms with Crippen LogP contribution >= 0.6 is 11.8 Å². The van der Waals surface area contributed by atoms with Gasteiger partial charge >= 0.3 is 0 Å². The molecule has 0 bridgehead atoms. The van der Waals surface area contributed by atoms with Gasteiger partial charge in [-0.2, -0.15) is 0 Å². The van der Waals surface area contributed by atoms with Crippen molar-refractivity contribution < 1.29 is 9.59 Å². The number of thioether (sulfide) groups is 1. The van der Waals surface area contributed by atoms with Crippen molar-refractivity contribution >= 4 is 29.0 Å². The minimum absolute atomic E-state index is 0.207. The highest BCUT2D eigenvalue weighted by Gasteiger charge is 2.35. The van der Waals surface area contributed by atoms with E-state index < -0.39 is 0 Å². The summed E-state index contributed by atoms with van der Waals surface area (Å²) in [6.45, 7) is 6.42. The fraction of sp³-hybridized carbons (Fsp3) is 0.200. The predicted molar refractivity (Wildman–Crippen MR) is 98.6 cm³/mol. The van der Waals surface area contributed by atoms with Crippen LogP contribution in [-0.2, 0) is 11.3 Å². The molecule has 122 valence electrons. The first-order valence-electron chi connectivity index (χ1n) is 7.83. The number of hydrogen-bond donors (Lipinski definition) is 0. The van der Waals surface area contributed by atoms with Crippen molar-refractivity contribution in [2.75, 3.05) is 0 Å². The van der Waals surface area contributed by atoms with Gasteiger partial charge in [-0.15, -0.1) is 0 Å². The fourth-order valence-corrected chi connectivity index (χ4v) is 3.79. The molecule has 0 radical (unpaired) electrons. The van der Waals surface area contributed by atoms with E-state index in [1.54, 1.807) is 6.08 Å². The Morgan fingerprint density at radius 3 is 2.25 bits per heavy atom. The van der Waals surface area contributed by atoms with E-state index in [0.717, 1.165) is 34.0 Å². The topological polar surface area (TPSA) is 37.4 Å². The summed E-state index contributed by atoms with van der Waals surface area (Å²) in [4.78, 5) is 26.8. The third-order valence-electron chi connectivity index (χ3n) is 4.13. The van der Waals surface area contributed by atoms with Crippen LogP contribution in [0, 0.1) is 20.8 Å². The normalized spacial score (nSPS) is 16.3. The summed E-state index contributed by atoms with van der Waals surface area (Å²) in [5, 5.41) is -0.207. The molecule has 2 aromatic carbocycles. The summed E-state index contributed by atoms with van der Waals surface area (Å²) in [7, 11) is 0. The quantitative estimate of drug-likeness (QED) is 0.752. The number of rotatable bonds is 3. The maximum absolute atomic E-state index is 12.6. The Labute approximate surface area is 146 Å². The zero-order valence-corrected chi connectivity index (χ0v) is 14.8. The minimum Gasteiger partial charge on any atom is -0.268 e. The molecule has 1 aliphatic rings. The monoisotopic (exact) mass is 337 g/mol. The summed E-state index contributed by atoms with van der Waals surface area (Å²) >= 11 is 1.01. The predicted octanol–water partition coefficient (Wildman–Crippen LogP) is 4.85. The Hall–Kier alpha value is -2.33. The largest absolute Gasteiger partial charge is 0.293 e. The second-order valence-corrected chi connectivity index (χ2v) is 7.05. The first-order valence-corrected chi connectivity index (χ1v) is 8.64. The van der Waals surface area contributed by atoms with Crippen LogP contribution in [0.5, 0.6) is 0 Å². The molecule has 1 saturated heterocycles. The molecular weight excluding hydrogens is 318 g/mol. The number of amides is 2. The maximum atomic E-state index is 12.6. The van der Waals surface area contributed by atoms with Crippen LogP contribution in [0.1, 0.15) is 27.8 Å². The molecule has 0 spiro atoms. The van der Waals surface area contributed by atoms with Crippen molar-refractivity contribution in [1.29, 1.82) is 0 Å². The van der Waals surface area contributed by atoms with Gasteiger partial charge in [-0.3, -0.25) is 14.5 Å². The maximum Gasteiger partial charge on any atom is 0.293 e. The molecule has 1 heterocycles. The molecule has 3 rings (SSSR count). The van der Waals surface area contributed by atoms with Gasteiger partial charge in [-0.1, -0.05) is 48.0 Å². The van der Waals surface area contributed by atoms with Gasteiger partial charge in [0.25, 0.3) is 11.1 Å². The molecule has 2 aromatic rings. The SMILES string of the molecule is Cc1cc(C)c(CN2C(=O)S/C(=C/c3ccccc3)C2=O)c(C)c1. The van der Waals surface area contributed by atoms with Crippen LogP contribution in [0.3, 0.4) is 0 Å². The highest BCUT2D eigenvalue weighted by Crippen LogP contribution is 2.34. The standard InChI is InChI=1S/C20H19NO2S/c1-13-9-14(2)17(15(3)10-13)12-21-19(22)18(24-20(21)23)11-16-7-5-4-6-8-16/h4-11H,12H2,1-3H3/b18-11+. The molecule has 2 amide bonds. The number of carbonyl (C=O) groups excluding carboxylic acids is 2. The summed E-state index contributed by atoms with van der Waals surface area (Å²) in [5.41, 5.74) is 5.37. The van der Waals surface area contributed by atoms with Gasteiger partial charge in [0.05, 0.1) is 11.4 Å². The zero-order chi connectivity index (χ0) is 17.3. The van der Waals surface area contributed by atoms with Gasteiger partial charge in [-0.05, 0) is 60.9 Å². The third kappa shape index (κ3) is 3.29. The van der Waals surface area contributed by atoms with Gasteiger partial charge in [0.1, 0.15) is 0 Å². The first-order chi connectivity index (χ1) is 11.5. The Morgan fingerprint density at radius 2 is 1.62 bits per heavy atom. The molecule has 3 nitrogen and oxygen atoms in total. The van der Waals surface area contributed by atoms with Gasteiger partial charge in [0, 0.05) is 0 Å². The molecule has 0 N–H and O–H groups in total. The van der Waals surface area contributed by atoms with E-state index in [1.807, 2.05) is 51.1 Å². The van der Waals surface area contributed by atoms with Crippen molar-refractivity contribution in [3.05, 3.63) is 75.2 Å². The highest BCUT2D eigenvalue weighted by atomic mass is 32.2. The van der Waals surface area contributed by atoms with E-state index in [2.05, 4.69) is 12.1 Å². The van der Waals surface area contributed by atoms with E-state index in [0.29, 0.717) is 11.4 Å². The van der Waals surface area contributed by atoms with Crippen LogP contribution in [0.15, 0.2) is 47.4 Å². The first kappa shape index (κ1) is 16.5. The Morgan fingerprint density at radius 1 is 1.00 bits per heavy atom. The molecule has 1 fully saturated rings. The number of imide groups is 1. The van der Waals surface area contributed by atoms with Gasteiger partial charge < -0.3 is 0 Å². The lowest BCUT2D eigenvalue weighted by molar-refractivity contribution is -0.123. The highest BCUT2D eigenvalue weighted by molar-refractivity contribution is 8.18. The molecule has 0 unspecified atom stereocenters. The van der Waals surface area contributed by atoms with E-state index >= 15 is 0 Å². The molecular formula is C20H19NO2S. The fourth-order valence-electron chi connectivity index (χ4n) is 2.95. The lowest BCUT2D eigenvalue weighted by atomic mass is 9.99. The lowest BCUT2D eigenvalue weighted by Crippen LogP contribution is -2.28. The summed E-state index contributed by atoms with van der Waals surface area (Å²) in [6, 6.07) is 13.8. The van der Waals surface area contributed by atoms with Crippen LogP contribution in [0.4, 0.5) is 4.79 Å². The van der Waals surface area contributed by atoms with Crippen LogP contribution in [-0.4, -0.2) is 16.0 Å². The Kier molecular flexibility index (Phi) is 4.58. The molecule has 0 aliphatic carbocycles. The number of nitrogens with zero attached hydrogens (tertiary/aromatic N) is 1. The molecule has 0 saturated carbocycles. The van der Waals surface area contributed by atoms with Crippen molar-refractivity contribution in [3.63, 3.8) is 0 Å². The molecule has 0 aromatic heterocycles. The summed E-state index contributed by atoms with van der Waals surface area (Å²) in [5.74, 6) is -0.215. The number of benzene rings is 2. The van der Waals surface area contributed by atoms with Crippen molar-refractivity contribution in [3.8, 4) is 0 Å². The smallest absolute Gasteiger partial charge is 0.268 e. The van der Waals surface area contributed by atoms with E-state index in [1.165, 1.54) is 10.5 Å². The summed E-state index contributed by atoms with van der Waals surface area (Å²) in [6.07, 6.45) is 1.78. The average molecular weight is 337 g/mol. The van der Waals surface area contributed by atoms with Crippen molar-refractivity contribution in [1.82, 2.24) is 4.90 Å².